The molecule has 28 heavy (non-hydrogen) atoms. The van der Waals surface area contributed by atoms with Crippen molar-refractivity contribution in [2.75, 3.05) is 20.2 Å². The van der Waals surface area contributed by atoms with E-state index in [2.05, 4.69) is 16.6 Å². The predicted molar refractivity (Wildman–Crippen MR) is 109 cm³/mol. The number of phenolic OH excluding ortho intramolecular Hbond substituents is 1. The minimum atomic E-state index is -0.519. The lowest BCUT2D eigenvalue weighted by atomic mass is 10.1. The molecule has 0 aromatic heterocycles. The fraction of sp³-hybridized carbons (Fsp3) is 0.333. The molecule has 1 fully saturated rings. The third-order valence-corrected chi connectivity index (χ3v) is 5.21. The van der Waals surface area contributed by atoms with Gasteiger partial charge in [0.2, 0.25) is 0 Å². The molecule has 1 aliphatic rings. The molecular weight excluding hydrogens is 378 g/mol. The number of carbonyl (C=O) groups excluding carboxylic acids is 1. The largest absolute Gasteiger partial charge is 0.507 e. The summed E-state index contributed by atoms with van der Waals surface area (Å²) in [6, 6.07) is 10.2. The van der Waals surface area contributed by atoms with Gasteiger partial charge in [0.25, 0.3) is 5.91 Å². The number of hydrogen-bond acceptors (Lipinski definition) is 4. The van der Waals surface area contributed by atoms with Crippen LogP contribution >= 0.6 is 11.6 Å². The standard InChI is InChI=1S/C21H24ClN3O3/c1-14(23-24-21(27)18-12-17(22)6-7-19(18)26)15-5-8-20(28-2)16(11-15)13-25-9-3-4-10-25/h5-8,11-12,26H,3-4,9-10,13H2,1-2H3,(H,24,27)/p+1/b23-14-. The van der Waals surface area contributed by atoms with Crippen molar-refractivity contribution in [2.24, 2.45) is 5.10 Å². The smallest absolute Gasteiger partial charge is 0.275 e. The number of ether oxygens (including phenoxy) is 1. The van der Waals surface area contributed by atoms with E-state index < -0.39 is 5.91 Å². The molecule has 1 heterocycles. The number of hydrazone groups is 1. The molecular formula is C21H25ClN3O3+. The van der Waals surface area contributed by atoms with Crippen molar-refractivity contribution in [2.45, 2.75) is 26.3 Å². The monoisotopic (exact) mass is 402 g/mol. The second-order valence-electron chi connectivity index (χ2n) is 6.96. The van der Waals surface area contributed by atoms with Crippen molar-refractivity contribution >= 4 is 23.2 Å². The molecule has 148 valence electrons. The molecule has 0 aliphatic carbocycles. The van der Waals surface area contributed by atoms with Gasteiger partial charge in [-0.05, 0) is 48.9 Å². The van der Waals surface area contributed by atoms with Gasteiger partial charge in [0, 0.05) is 23.4 Å². The molecule has 3 rings (SSSR count). The van der Waals surface area contributed by atoms with Gasteiger partial charge in [0.05, 0.1) is 31.5 Å². The Bertz CT molecular complexity index is 892. The van der Waals surface area contributed by atoms with Crippen molar-refractivity contribution in [1.29, 1.82) is 0 Å². The van der Waals surface area contributed by atoms with Crippen LogP contribution in [0.3, 0.4) is 0 Å². The van der Waals surface area contributed by atoms with Crippen molar-refractivity contribution in [3.05, 3.63) is 58.1 Å². The van der Waals surface area contributed by atoms with E-state index in [4.69, 9.17) is 16.3 Å². The topological polar surface area (TPSA) is 75.4 Å². The maximum Gasteiger partial charge on any atom is 0.275 e. The second-order valence-corrected chi connectivity index (χ2v) is 7.40. The molecule has 7 heteroatoms. The number of rotatable bonds is 6. The Labute approximate surface area is 169 Å². The Hall–Kier alpha value is -2.57. The fourth-order valence-electron chi connectivity index (χ4n) is 3.41. The van der Waals surface area contributed by atoms with Crippen LogP contribution in [-0.4, -0.2) is 36.9 Å². The average molecular weight is 403 g/mol. The minimum absolute atomic E-state index is 0.0807. The highest BCUT2D eigenvalue weighted by atomic mass is 35.5. The van der Waals surface area contributed by atoms with E-state index in [9.17, 15) is 9.90 Å². The molecule has 0 unspecified atom stereocenters. The summed E-state index contributed by atoms with van der Waals surface area (Å²) >= 11 is 5.89. The number of quaternary nitrogens is 1. The first-order valence-corrected chi connectivity index (χ1v) is 9.69. The van der Waals surface area contributed by atoms with Gasteiger partial charge in [-0.25, -0.2) is 5.43 Å². The lowest BCUT2D eigenvalue weighted by Gasteiger charge is -2.15. The number of carbonyl (C=O) groups is 1. The van der Waals surface area contributed by atoms with Gasteiger partial charge in [0.1, 0.15) is 18.0 Å². The Morgan fingerprint density at radius 3 is 2.71 bits per heavy atom. The van der Waals surface area contributed by atoms with Crippen LogP contribution in [-0.2, 0) is 6.54 Å². The number of nitrogens with zero attached hydrogens (tertiary/aromatic N) is 1. The molecule has 1 saturated heterocycles. The Morgan fingerprint density at radius 1 is 1.25 bits per heavy atom. The van der Waals surface area contributed by atoms with Gasteiger partial charge in [-0.3, -0.25) is 4.79 Å². The number of hydrogen-bond donors (Lipinski definition) is 3. The van der Waals surface area contributed by atoms with Gasteiger partial charge < -0.3 is 14.7 Å². The second kappa shape index (κ2) is 9.08. The van der Waals surface area contributed by atoms with Crippen LogP contribution in [0.5, 0.6) is 11.5 Å². The van der Waals surface area contributed by atoms with Crippen LogP contribution < -0.4 is 15.1 Å². The van der Waals surface area contributed by atoms with E-state index >= 15 is 0 Å². The SMILES string of the molecule is COc1ccc(/C(C)=N\NC(=O)c2cc(Cl)ccc2O)cc1C[NH+]1CCCC1. The maximum absolute atomic E-state index is 12.3. The minimum Gasteiger partial charge on any atom is -0.507 e. The lowest BCUT2D eigenvalue weighted by molar-refractivity contribution is -0.901. The number of phenols is 1. The molecule has 6 nitrogen and oxygen atoms in total. The van der Waals surface area contributed by atoms with Gasteiger partial charge in [-0.1, -0.05) is 11.6 Å². The third-order valence-electron chi connectivity index (χ3n) is 4.98. The third kappa shape index (κ3) is 4.82. The van der Waals surface area contributed by atoms with Gasteiger partial charge in [-0.2, -0.15) is 5.10 Å². The molecule has 0 bridgehead atoms. The highest BCUT2D eigenvalue weighted by molar-refractivity contribution is 6.31. The zero-order chi connectivity index (χ0) is 20.1. The van der Waals surface area contributed by atoms with Crippen molar-refractivity contribution in [3.63, 3.8) is 0 Å². The van der Waals surface area contributed by atoms with E-state index in [0.29, 0.717) is 10.7 Å². The van der Waals surface area contributed by atoms with Crippen LogP contribution in [0.15, 0.2) is 41.5 Å². The molecule has 2 aromatic carbocycles. The number of benzene rings is 2. The summed E-state index contributed by atoms with van der Waals surface area (Å²) in [5.41, 5.74) is 5.26. The maximum atomic E-state index is 12.3. The van der Waals surface area contributed by atoms with Crippen molar-refractivity contribution in [3.8, 4) is 11.5 Å². The van der Waals surface area contributed by atoms with Crippen LogP contribution in [0, 0.1) is 0 Å². The highest BCUT2D eigenvalue weighted by Gasteiger charge is 2.18. The van der Waals surface area contributed by atoms with Crippen LogP contribution in [0.4, 0.5) is 0 Å². The van der Waals surface area contributed by atoms with Crippen LogP contribution in [0.2, 0.25) is 5.02 Å². The number of likely N-dealkylation sites (tertiary alicyclic amines) is 1. The van der Waals surface area contributed by atoms with E-state index in [1.807, 2.05) is 19.1 Å². The van der Waals surface area contributed by atoms with Crippen molar-refractivity contribution < 1.29 is 19.5 Å². The van der Waals surface area contributed by atoms with Gasteiger partial charge in [-0.15, -0.1) is 0 Å². The molecule has 0 saturated carbocycles. The summed E-state index contributed by atoms with van der Waals surface area (Å²) in [5.74, 6) is 0.202. The van der Waals surface area contributed by atoms with Crippen LogP contribution in [0.1, 0.15) is 41.3 Å². The first-order chi connectivity index (χ1) is 13.5. The zero-order valence-corrected chi connectivity index (χ0v) is 16.8. The lowest BCUT2D eigenvalue weighted by Crippen LogP contribution is -3.08. The molecule has 1 aliphatic heterocycles. The highest BCUT2D eigenvalue weighted by Crippen LogP contribution is 2.22. The van der Waals surface area contributed by atoms with E-state index in [1.54, 1.807) is 12.0 Å². The number of methoxy groups -OCH3 is 1. The van der Waals surface area contributed by atoms with E-state index in [-0.39, 0.29) is 11.3 Å². The Balaban J connectivity index is 1.76. The molecule has 2 aromatic rings. The van der Waals surface area contributed by atoms with E-state index in [0.717, 1.165) is 23.4 Å². The number of aromatic hydroxyl groups is 1. The Kier molecular flexibility index (Phi) is 6.54. The molecule has 1 amide bonds. The van der Waals surface area contributed by atoms with Gasteiger partial charge in [0.15, 0.2) is 0 Å². The van der Waals surface area contributed by atoms with Gasteiger partial charge >= 0.3 is 0 Å². The molecule has 0 spiro atoms. The zero-order valence-electron chi connectivity index (χ0n) is 16.1. The summed E-state index contributed by atoms with van der Waals surface area (Å²) < 4.78 is 5.51. The summed E-state index contributed by atoms with van der Waals surface area (Å²) in [7, 11) is 1.68. The molecule has 3 N–H and O–H groups in total. The summed E-state index contributed by atoms with van der Waals surface area (Å²) in [4.78, 5) is 13.8. The fourth-order valence-corrected chi connectivity index (χ4v) is 3.58. The number of amides is 1. The quantitative estimate of drug-likeness (QED) is 0.513. The molecule has 0 atom stereocenters. The predicted octanol–water partition coefficient (Wildman–Crippen LogP) is 2.39. The first-order valence-electron chi connectivity index (χ1n) is 9.32. The normalized spacial score (nSPS) is 14.9. The van der Waals surface area contributed by atoms with Crippen LogP contribution in [0.25, 0.3) is 0 Å². The summed E-state index contributed by atoms with van der Waals surface area (Å²) in [5, 5.41) is 14.4. The Morgan fingerprint density at radius 2 is 2.00 bits per heavy atom. The average Bonchev–Trinajstić information content (AvgIpc) is 3.20. The summed E-state index contributed by atoms with van der Waals surface area (Å²) in [6.45, 7) is 5.10. The first kappa shape index (κ1) is 20.2. The number of halogens is 1. The number of nitrogens with one attached hydrogen (secondary N) is 2. The van der Waals surface area contributed by atoms with Crippen molar-refractivity contribution in [1.82, 2.24) is 5.43 Å². The molecule has 0 radical (unpaired) electrons. The summed E-state index contributed by atoms with van der Waals surface area (Å²) in [6.07, 6.45) is 2.53. The van der Waals surface area contributed by atoms with E-state index in [1.165, 1.54) is 44.1 Å².